The van der Waals surface area contributed by atoms with Gasteiger partial charge in [-0.1, -0.05) is 103 Å². The van der Waals surface area contributed by atoms with Gasteiger partial charge in [-0.2, -0.15) is 0 Å². The maximum atomic E-state index is 10.1. The van der Waals surface area contributed by atoms with E-state index in [2.05, 4.69) is 72.9 Å². The van der Waals surface area contributed by atoms with E-state index in [-0.39, 0.29) is 5.75 Å². The van der Waals surface area contributed by atoms with Gasteiger partial charge in [-0.15, -0.1) is 0 Å². The molecule has 49 heavy (non-hydrogen) atoms. The number of benzene rings is 4. The third kappa shape index (κ3) is 5.24. The van der Waals surface area contributed by atoms with Gasteiger partial charge in [-0.3, -0.25) is 0 Å². The zero-order chi connectivity index (χ0) is 32.7. The molecule has 0 aliphatic carbocycles. The van der Waals surface area contributed by atoms with Gasteiger partial charge in [-0.05, 0) is 83.0 Å². The highest BCUT2D eigenvalue weighted by Crippen LogP contribution is 2.39. The number of aromatic hydroxyl groups is 1. The summed E-state index contributed by atoms with van der Waals surface area (Å²) in [6, 6.07) is 38.2. The van der Waals surface area contributed by atoms with Crippen LogP contribution in [0.4, 0.5) is 0 Å². The Bertz CT molecular complexity index is 2430. The summed E-state index contributed by atoms with van der Waals surface area (Å²) in [4.78, 5) is 21.0. The number of hydrogen-bond acceptors (Lipinski definition) is 5. The molecule has 5 heterocycles. The third-order valence-corrected chi connectivity index (χ3v) is 8.91. The van der Waals surface area contributed by atoms with Crippen molar-refractivity contribution in [3.05, 3.63) is 209 Å². The van der Waals surface area contributed by atoms with Crippen molar-refractivity contribution in [3.8, 4) is 5.75 Å². The van der Waals surface area contributed by atoms with E-state index in [1.165, 1.54) is 0 Å². The van der Waals surface area contributed by atoms with Gasteiger partial charge in [0.25, 0.3) is 0 Å². The lowest BCUT2D eigenvalue weighted by Crippen LogP contribution is -2.06. The van der Waals surface area contributed by atoms with Gasteiger partial charge in [0.15, 0.2) is 0 Å². The molecule has 0 amide bonds. The highest BCUT2D eigenvalue weighted by molar-refractivity contribution is 6.48. The van der Waals surface area contributed by atoms with Crippen LogP contribution in [0.5, 0.6) is 5.75 Å². The molecule has 4 aromatic rings. The van der Waals surface area contributed by atoms with Crippen LogP contribution in [0.15, 0.2) is 207 Å². The Morgan fingerprint density at radius 2 is 0.878 bits per heavy atom. The number of fused-ring (bicyclic) bond motifs is 4. The normalized spacial score (nSPS) is 17.7. The summed E-state index contributed by atoms with van der Waals surface area (Å²) in [7, 11) is 0. The molecule has 0 aromatic heterocycles. The van der Waals surface area contributed by atoms with Crippen LogP contribution in [0, 0.1) is 0 Å². The minimum Gasteiger partial charge on any atom is -0.508 e. The number of aliphatic imine (C=N–C) groups is 4. The number of rotatable bonds is 4. The first-order valence-corrected chi connectivity index (χ1v) is 16.2. The van der Waals surface area contributed by atoms with Crippen LogP contribution in [0.25, 0.3) is 22.3 Å². The molecule has 0 spiro atoms. The van der Waals surface area contributed by atoms with E-state index < -0.39 is 0 Å². The van der Waals surface area contributed by atoms with Crippen molar-refractivity contribution in [1.29, 1.82) is 0 Å². The van der Waals surface area contributed by atoms with E-state index in [9.17, 15) is 5.11 Å². The fourth-order valence-corrected chi connectivity index (χ4v) is 6.67. The largest absolute Gasteiger partial charge is 0.508 e. The molecule has 0 saturated heterocycles. The Labute approximate surface area is 284 Å². The standard InChI is InChI=1S/C44H28N4O/c49-34-19-16-28(17-20-34)35-27-33-26-32-18-21-36(45-32)41(29-10-4-1-5-11-29)37-22-23-38(47-37)42(30-12-6-2-7-13-30)39-24-25-40(48-39)43(44(35)46-33)31-14-8-3-9-15-31/h1-27,49H. The van der Waals surface area contributed by atoms with Gasteiger partial charge in [-0.25, -0.2) is 20.0 Å². The van der Waals surface area contributed by atoms with E-state index in [1.54, 1.807) is 12.1 Å². The van der Waals surface area contributed by atoms with Crippen molar-refractivity contribution < 1.29 is 5.11 Å². The molecular weight excluding hydrogens is 601 g/mol. The first kappa shape index (κ1) is 28.5. The fraction of sp³-hybridized carbons (Fsp3) is 0. The molecule has 0 radical (unpaired) electrons. The zero-order valence-corrected chi connectivity index (χ0v) is 26.3. The molecule has 9 rings (SSSR count). The Morgan fingerprint density at radius 1 is 0.388 bits per heavy atom. The third-order valence-electron chi connectivity index (χ3n) is 8.91. The van der Waals surface area contributed by atoms with Crippen molar-refractivity contribution in [2.45, 2.75) is 0 Å². The van der Waals surface area contributed by atoms with E-state index in [4.69, 9.17) is 20.0 Å². The molecule has 4 aromatic carbocycles. The number of allylic oxidation sites excluding steroid dienone is 12. The summed E-state index contributed by atoms with van der Waals surface area (Å²) in [6.45, 7) is 0. The monoisotopic (exact) mass is 628 g/mol. The molecule has 0 atom stereocenters. The summed E-state index contributed by atoms with van der Waals surface area (Å²) in [5.74, 6) is 0.212. The topological polar surface area (TPSA) is 69.7 Å². The van der Waals surface area contributed by atoms with Gasteiger partial charge >= 0.3 is 0 Å². The molecular formula is C44H28N4O. The van der Waals surface area contributed by atoms with Gasteiger partial charge < -0.3 is 5.11 Å². The molecule has 5 aliphatic heterocycles. The quantitative estimate of drug-likeness (QED) is 0.240. The van der Waals surface area contributed by atoms with E-state index in [1.807, 2.05) is 78.9 Å². The predicted molar refractivity (Wildman–Crippen MR) is 201 cm³/mol. The second-order valence-electron chi connectivity index (χ2n) is 12.0. The Morgan fingerprint density at radius 3 is 1.45 bits per heavy atom. The average molecular weight is 629 g/mol. The van der Waals surface area contributed by atoms with Crippen LogP contribution < -0.4 is 0 Å². The van der Waals surface area contributed by atoms with Gasteiger partial charge in [0.2, 0.25) is 0 Å². The van der Waals surface area contributed by atoms with Gasteiger partial charge in [0.05, 0.1) is 45.6 Å². The van der Waals surface area contributed by atoms with Crippen LogP contribution in [-0.2, 0) is 0 Å². The first-order valence-electron chi connectivity index (χ1n) is 16.2. The number of hydrogen-bond donors (Lipinski definition) is 1. The zero-order valence-electron chi connectivity index (χ0n) is 26.3. The summed E-state index contributed by atoms with van der Waals surface area (Å²) in [6.07, 6.45) is 16.5. The lowest BCUT2D eigenvalue weighted by molar-refractivity contribution is 0.475. The molecule has 230 valence electrons. The van der Waals surface area contributed by atoms with Crippen LogP contribution in [0.2, 0.25) is 0 Å². The minimum absolute atomic E-state index is 0.212. The van der Waals surface area contributed by atoms with E-state index >= 15 is 0 Å². The maximum Gasteiger partial charge on any atom is 0.115 e. The van der Waals surface area contributed by atoms with Crippen molar-refractivity contribution in [3.63, 3.8) is 0 Å². The molecule has 5 heteroatoms. The number of phenolic OH excluding ortho intramolecular Hbond substituents is 1. The second kappa shape index (κ2) is 11.8. The van der Waals surface area contributed by atoms with Gasteiger partial charge in [0, 0.05) is 22.3 Å². The molecule has 5 nitrogen and oxygen atoms in total. The SMILES string of the molecule is Oc1ccc(C2=CC3=CC4=NC(=C(c5ccccc5)C5=NC(=C(c6ccccc6)C6=NC(=C(c7ccccc7)C2=N3)C=C6)C=C5)C=C4)cc1. The summed E-state index contributed by atoms with van der Waals surface area (Å²) < 4.78 is 0. The molecule has 5 aliphatic rings. The second-order valence-corrected chi connectivity index (χ2v) is 12.0. The highest BCUT2D eigenvalue weighted by Gasteiger charge is 2.28. The fourth-order valence-electron chi connectivity index (χ4n) is 6.67. The lowest BCUT2D eigenvalue weighted by atomic mass is 9.91. The highest BCUT2D eigenvalue weighted by atomic mass is 16.3. The van der Waals surface area contributed by atoms with Crippen LogP contribution >= 0.6 is 0 Å². The van der Waals surface area contributed by atoms with Gasteiger partial charge in [0.1, 0.15) is 5.75 Å². The Balaban J connectivity index is 1.35. The van der Waals surface area contributed by atoms with Crippen molar-refractivity contribution in [2.24, 2.45) is 20.0 Å². The number of nitrogens with zero attached hydrogens (tertiary/aromatic N) is 4. The molecule has 1 N–H and O–H groups in total. The number of phenols is 1. The summed E-state index contributed by atoms with van der Waals surface area (Å²) in [5.41, 5.74) is 14.3. The Kier molecular flexibility index (Phi) is 6.87. The van der Waals surface area contributed by atoms with E-state index in [0.29, 0.717) is 0 Å². The smallest absolute Gasteiger partial charge is 0.115 e. The molecule has 8 bridgehead atoms. The predicted octanol–water partition coefficient (Wildman–Crippen LogP) is 9.39. The van der Waals surface area contributed by atoms with Crippen LogP contribution in [0.3, 0.4) is 0 Å². The molecule has 0 unspecified atom stereocenters. The summed E-state index contributed by atoms with van der Waals surface area (Å²) >= 11 is 0. The molecule has 0 saturated carbocycles. The lowest BCUT2D eigenvalue weighted by Gasteiger charge is -2.14. The maximum absolute atomic E-state index is 10.1. The summed E-state index contributed by atoms with van der Waals surface area (Å²) in [5, 5.41) is 10.1. The van der Waals surface area contributed by atoms with Crippen LogP contribution in [0.1, 0.15) is 22.3 Å². The average Bonchev–Trinajstić information content (AvgIpc) is 3.97. The van der Waals surface area contributed by atoms with Crippen LogP contribution in [-0.4, -0.2) is 28.0 Å². The van der Waals surface area contributed by atoms with Crippen molar-refractivity contribution >= 4 is 45.1 Å². The first-order chi connectivity index (χ1) is 24.2. The van der Waals surface area contributed by atoms with Crippen molar-refractivity contribution in [2.75, 3.05) is 0 Å². The Hall–Kier alpha value is -6.72. The van der Waals surface area contributed by atoms with E-state index in [0.717, 1.165) is 90.2 Å². The minimum atomic E-state index is 0.212. The van der Waals surface area contributed by atoms with Crippen molar-refractivity contribution in [1.82, 2.24) is 0 Å². The molecule has 0 fully saturated rings.